The van der Waals surface area contributed by atoms with Crippen LogP contribution in [0.4, 0.5) is 0 Å². The van der Waals surface area contributed by atoms with Crippen LogP contribution in [0, 0.1) is 0 Å². The van der Waals surface area contributed by atoms with Gasteiger partial charge in [0, 0.05) is 0 Å². The third kappa shape index (κ3) is 4.12. The van der Waals surface area contributed by atoms with E-state index in [9.17, 15) is 0 Å². The quantitative estimate of drug-likeness (QED) is 0.550. The van der Waals surface area contributed by atoms with Crippen LogP contribution in [0.2, 0.25) is 0 Å². The Kier molecular flexibility index (Phi) is 6.26. The van der Waals surface area contributed by atoms with Crippen LogP contribution in [0.1, 0.15) is 6.92 Å². The summed E-state index contributed by atoms with van der Waals surface area (Å²) in [5, 5.41) is 0. The molecule has 68 valence electrons. The SMILES string of the molecule is C=C\C=C/C(=C/C)C(/C=C)=C\C=C. The lowest BCUT2D eigenvalue weighted by atomic mass is 10.1. The molecule has 0 atom stereocenters. The lowest BCUT2D eigenvalue weighted by Gasteiger charge is -2.00. The summed E-state index contributed by atoms with van der Waals surface area (Å²) < 4.78 is 0. The average Bonchev–Trinajstić information content (AvgIpc) is 2.17. The fourth-order valence-corrected chi connectivity index (χ4v) is 0.940. The van der Waals surface area contributed by atoms with E-state index in [0.717, 1.165) is 11.1 Å². The zero-order valence-electron chi connectivity index (χ0n) is 8.16. The lowest BCUT2D eigenvalue weighted by molar-refractivity contribution is 1.50. The molecule has 0 unspecified atom stereocenters. The Balaban J connectivity index is 4.85. The third-order valence-electron chi connectivity index (χ3n) is 1.57. The molecule has 0 radical (unpaired) electrons. The zero-order chi connectivity index (χ0) is 10.1. The monoisotopic (exact) mass is 172 g/mol. The van der Waals surface area contributed by atoms with Gasteiger partial charge >= 0.3 is 0 Å². The second-order valence-corrected chi connectivity index (χ2v) is 2.40. The minimum atomic E-state index is 1.07. The van der Waals surface area contributed by atoms with Crippen molar-refractivity contribution in [3.8, 4) is 0 Å². The molecule has 0 nitrogen and oxygen atoms in total. The number of allylic oxidation sites excluding steroid dienone is 9. The van der Waals surface area contributed by atoms with E-state index in [4.69, 9.17) is 0 Å². The molecule has 0 heterocycles. The van der Waals surface area contributed by atoms with Crippen LogP contribution in [0.15, 0.2) is 73.4 Å². The van der Waals surface area contributed by atoms with Crippen LogP contribution in [0.3, 0.4) is 0 Å². The van der Waals surface area contributed by atoms with E-state index in [0.29, 0.717) is 0 Å². The summed E-state index contributed by atoms with van der Waals surface area (Å²) in [4.78, 5) is 0. The van der Waals surface area contributed by atoms with Crippen molar-refractivity contribution >= 4 is 0 Å². The van der Waals surface area contributed by atoms with Gasteiger partial charge in [0.25, 0.3) is 0 Å². The Hall–Kier alpha value is -1.56. The number of hydrogen-bond acceptors (Lipinski definition) is 0. The first-order valence-corrected chi connectivity index (χ1v) is 4.21. The fraction of sp³-hybridized carbons (Fsp3) is 0.0769. The van der Waals surface area contributed by atoms with Crippen molar-refractivity contribution in [2.24, 2.45) is 0 Å². The molecular weight excluding hydrogens is 156 g/mol. The van der Waals surface area contributed by atoms with Crippen molar-refractivity contribution in [2.45, 2.75) is 6.92 Å². The molecule has 0 spiro atoms. The van der Waals surface area contributed by atoms with Gasteiger partial charge in [0.15, 0.2) is 0 Å². The van der Waals surface area contributed by atoms with Crippen LogP contribution in [-0.4, -0.2) is 0 Å². The van der Waals surface area contributed by atoms with Gasteiger partial charge in [-0.1, -0.05) is 62.3 Å². The predicted molar refractivity (Wildman–Crippen MR) is 61.6 cm³/mol. The van der Waals surface area contributed by atoms with Crippen LogP contribution < -0.4 is 0 Å². The summed E-state index contributed by atoms with van der Waals surface area (Å²) in [6.45, 7) is 13.0. The summed E-state index contributed by atoms with van der Waals surface area (Å²) in [5.74, 6) is 0. The highest BCUT2D eigenvalue weighted by Gasteiger charge is 1.93. The summed E-state index contributed by atoms with van der Waals surface area (Å²) >= 11 is 0. The average molecular weight is 172 g/mol. The molecule has 0 bridgehead atoms. The second kappa shape index (κ2) is 7.11. The molecule has 0 saturated carbocycles. The van der Waals surface area contributed by atoms with Crippen molar-refractivity contribution in [1.29, 1.82) is 0 Å². The van der Waals surface area contributed by atoms with Crippen molar-refractivity contribution in [2.75, 3.05) is 0 Å². The van der Waals surface area contributed by atoms with Crippen molar-refractivity contribution < 1.29 is 0 Å². The highest BCUT2D eigenvalue weighted by Crippen LogP contribution is 2.12. The molecule has 0 aromatic rings. The molecule has 0 aliphatic carbocycles. The highest BCUT2D eigenvalue weighted by molar-refractivity contribution is 5.47. The van der Waals surface area contributed by atoms with E-state index in [1.807, 2.05) is 37.3 Å². The summed E-state index contributed by atoms with van der Waals surface area (Å²) in [7, 11) is 0. The van der Waals surface area contributed by atoms with Gasteiger partial charge in [0.2, 0.25) is 0 Å². The molecule has 0 aromatic heterocycles. The molecule has 0 aromatic carbocycles. The van der Waals surface area contributed by atoms with Crippen LogP contribution >= 0.6 is 0 Å². The summed E-state index contributed by atoms with van der Waals surface area (Å²) in [6, 6.07) is 0. The first kappa shape index (κ1) is 11.4. The smallest absolute Gasteiger partial charge is 0.0193 e. The maximum Gasteiger partial charge on any atom is -0.0193 e. The van der Waals surface area contributed by atoms with Gasteiger partial charge in [-0.2, -0.15) is 0 Å². The maximum absolute atomic E-state index is 3.74. The fourth-order valence-electron chi connectivity index (χ4n) is 0.940. The molecule has 0 aliphatic heterocycles. The predicted octanol–water partition coefficient (Wildman–Crippen LogP) is 3.97. The third-order valence-corrected chi connectivity index (χ3v) is 1.57. The van der Waals surface area contributed by atoms with Gasteiger partial charge in [0.05, 0.1) is 0 Å². The number of rotatable bonds is 5. The van der Waals surface area contributed by atoms with Crippen molar-refractivity contribution in [3.63, 3.8) is 0 Å². The Morgan fingerprint density at radius 3 is 2.08 bits per heavy atom. The second-order valence-electron chi connectivity index (χ2n) is 2.40. The molecule has 0 N–H and O–H groups in total. The number of hydrogen-bond donors (Lipinski definition) is 0. The van der Waals surface area contributed by atoms with E-state index in [-0.39, 0.29) is 0 Å². The van der Waals surface area contributed by atoms with Gasteiger partial charge in [-0.25, -0.2) is 0 Å². The van der Waals surface area contributed by atoms with Gasteiger partial charge < -0.3 is 0 Å². The Labute approximate surface area is 81.0 Å². The van der Waals surface area contributed by atoms with E-state index in [2.05, 4.69) is 19.7 Å². The van der Waals surface area contributed by atoms with Crippen LogP contribution in [0.25, 0.3) is 0 Å². The van der Waals surface area contributed by atoms with Crippen molar-refractivity contribution in [1.82, 2.24) is 0 Å². The van der Waals surface area contributed by atoms with E-state index >= 15 is 0 Å². The molecule has 0 fully saturated rings. The normalized spacial score (nSPS) is 13.0. The van der Waals surface area contributed by atoms with Gasteiger partial charge in [-0.3, -0.25) is 0 Å². The first-order valence-electron chi connectivity index (χ1n) is 4.21. The minimum absolute atomic E-state index is 1.07. The van der Waals surface area contributed by atoms with E-state index in [1.165, 1.54) is 0 Å². The topological polar surface area (TPSA) is 0 Å². The van der Waals surface area contributed by atoms with Gasteiger partial charge in [-0.15, -0.1) is 0 Å². The minimum Gasteiger partial charge on any atom is -0.0991 e. The molecule has 0 saturated heterocycles. The van der Waals surface area contributed by atoms with Crippen molar-refractivity contribution in [3.05, 3.63) is 73.4 Å². The lowest BCUT2D eigenvalue weighted by Crippen LogP contribution is -1.80. The van der Waals surface area contributed by atoms with Crippen LogP contribution in [0.5, 0.6) is 0 Å². The molecule has 0 amide bonds. The highest BCUT2D eigenvalue weighted by atomic mass is 14.0. The summed E-state index contributed by atoms with van der Waals surface area (Å²) in [6.07, 6.45) is 13.2. The van der Waals surface area contributed by atoms with Gasteiger partial charge in [0.1, 0.15) is 0 Å². The molecule has 13 heavy (non-hydrogen) atoms. The Morgan fingerprint density at radius 2 is 1.69 bits per heavy atom. The summed E-state index contributed by atoms with van der Waals surface area (Å²) in [5.41, 5.74) is 2.19. The Morgan fingerprint density at radius 1 is 1.00 bits per heavy atom. The van der Waals surface area contributed by atoms with E-state index in [1.54, 1.807) is 12.2 Å². The Bertz CT molecular complexity index is 272. The maximum atomic E-state index is 3.74. The molecular formula is C13H16. The standard InChI is InChI=1S/C13H16/c1-5-9-11-13(8-4)12(7-3)10-6-2/h5-11H,1-3H2,4H3/b11-9-,12-10-,13-8-. The first-order chi connectivity index (χ1) is 6.29. The van der Waals surface area contributed by atoms with Gasteiger partial charge in [-0.05, 0) is 18.1 Å². The van der Waals surface area contributed by atoms with E-state index < -0.39 is 0 Å². The zero-order valence-corrected chi connectivity index (χ0v) is 8.16. The molecule has 0 aliphatic rings. The molecule has 0 heteroatoms. The van der Waals surface area contributed by atoms with Crippen LogP contribution in [-0.2, 0) is 0 Å². The molecule has 0 rings (SSSR count). The largest absolute Gasteiger partial charge is 0.0991 e.